The average molecular weight is 369 g/mol. The molecule has 3 rings (SSSR count). The summed E-state index contributed by atoms with van der Waals surface area (Å²) in [7, 11) is 0. The molecule has 1 aliphatic heterocycles. The van der Waals surface area contributed by atoms with Gasteiger partial charge in [0.1, 0.15) is 0 Å². The molecule has 24 heavy (non-hydrogen) atoms. The Kier molecular flexibility index (Phi) is 8.57. The average Bonchev–Trinajstić information content (AvgIpc) is 2.59. The smallest absolute Gasteiger partial charge is 0.0662 e. The van der Waals surface area contributed by atoms with Crippen LogP contribution in [-0.4, -0.2) is 35.2 Å². The normalized spacial score (nSPS) is 16.5. The highest BCUT2D eigenvalue weighted by Gasteiger charge is 2.33. The first kappa shape index (κ1) is 20.8. The molecule has 0 aromatic heterocycles. The number of rotatable bonds is 5. The van der Waals surface area contributed by atoms with Crippen molar-refractivity contribution >= 4 is 30.5 Å². The van der Waals surface area contributed by atoms with E-state index in [4.69, 9.17) is 0 Å². The largest absolute Gasteiger partial charge is 0.394 e. The van der Waals surface area contributed by atoms with Gasteiger partial charge in [0.15, 0.2) is 0 Å². The number of hydrogen-bond acceptors (Lipinski definition) is 3. The van der Waals surface area contributed by atoms with Crippen molar-refractivity contribution in [2.75, 3.05) is 25.0 Å². The first-order valence-corrected chi connectivity index (χ1v) is 8.00. The summed E-state index contributed by atoms with van der Waals surface area (Å²) in [5.41, 5.74) is 2.26. The van der Waals surface area contributed by atoms with Gasteiger partial charge >= 0.3 is 0 Å². The summed E-state index contributed by atoms with van der Waals surface area (Å²) < 4.78 is 0. The van der Waals surface area contributed by atoms with Crippen molar-refractivity contribution in [1.29, 1.82) is 0 Å². The lowest BCUT2D eigenvalue weighted by Crippen LogP contribution is -2.51. The van der Waals surface area contributed by atoms with Crippen LogP contribution in [-0.2, 0) is 6.54 Å². The maximum atomic E-state index is 9.90. The molecule has 1 aliphatic rings. The van der Waals surface area contributed by atoms with Crippen LogP contribution in [0, 0.1) is 0 Å². The van der Waals surface area contributed by atoms with Gasteiger partial charge in [-0.25, -0.2) is 0 Å². The van der Waals surface area contributed by atoms with Gasteiger partial charge in [0, 0.05) is 25.3 Å². The third-order valence-electron chi connectivity index (χ3n) is 4.55. The summed E-state index contributed by atoms with van der Waals surface area (Å²) in [6.07, 6.45) is 1.93. The molecule has 2 aromatic carbocycles. The van der Waals surface area contributed by atoms with E-state index in [1.54, 1.807) is 0 Å². The fourth-order valence-electron chi connectivity index (χ4n) is 3.13. The molecule has 2 aromatic rings. The van der Waals surface area contributed by atoms with Crippen molar-refractivity contribution in [1.82, 2.24) is 4.90 Å². The first-order valence-electron chi connectivity index (χ1n) is 8.00. The SMILES string of the molecule is Cl.Cl.OCC1(Nc2ccccc2)CCN(Cc2ccccc2)CC1. The van der Waals surface area contributed by atoms with Crippen LogP contribution in [0.2, 0.25) is 0 Å². The molecule has 5 heteroatoms. The Balaban J connectivity index is 0.00000144. The lowest BCUT2D eigenvalue weighted by molar-refractivity contribution is 0.115. The van der Waals surface area contributed by atoms with Gasteiger partial charge < -0.3 is 10.4 Å². The molecule has 0 saturated carbocycles. The second kappa shape index (κ2) is 9.90. The van der Waals surface area contributed by atoms with Crippen LogP contribution in [0.4, 0.5) is 5.69 Å². The van der Waals surface area contributed by atoms with Crippen LogP contribution in [0.1, 0.15) is 18.4 Å². The van der Waals surface area contributed by atoms with E-state index in [0.717, 1.165) is 38.2 Å². The van der Waals surface area contributed by atoms with Gasteiger partial charge in [0.2, 0.25) is 0 Å². The molecule has 1 fully saturated rings. The highest BCUT2D eigenvalue weighted by molar-refractivity contribution is 5.85. The molecule has 0 atom stereocenters. The molecular formula is C19H26Cl2N2O. The van der Waals surface area contributed by atoms with Crippen molar-refractivity contribution in [3.05, 3.63) is 66.2 Å². The van der Waals surface area contributed by atoms with E-state index in [1.807, 2.05) is 18.2 Å². The maximum absolute atomic E-state index is 9.90. The monoisotopic (exact) mass is 368 g/mol. The van der Waals surface area contributed by atoms with Gasteiger partial charge in [-0.2, -0.15) is 0 Å². The standard InChI is InChI=1S/C19H24N2O.2ClH/c22-16-19(20-18-9-5-2-6-10-18)11-13-21(14-12-19)15-17-7-3-1-4-8-17;;/h1-10,20,22H,11-16H2;2*1H. The van der Waals surface area contributed by atoms with Gasteiger partial charge in [-0.3, -0.25) is 4.90 Å². The summed E-state index contributed by atoms with van der Waals surface area (Å²) in [4.78, 5) is 2.47. The zero-order valence-electron chi connectivity index (χ0n) is 13.7. The molecule has 2 N–H and O–H groups in total. The highest BCUT2D eigenvalue weighted by Crippen LogP contribution is 2.27. The van der Waals surface area contributed by atoms with Crippen LogP contribution >= 0.6 is 24.8 Å². The molecule has 3 nitrogen and oxygen atoms in total. The minimum Gasteiger partial charge on any atom is -0.394 e. The Hall–Kier alpha value is -1.26. The van der Waals surface area contributed by atoms with E-state index < -0.39 is 0 Å². The molecule has 0 unspecified atom stereocenters. The van der Waals surface area contributed by atoms with Crippen molar-refractivity contribution in [3.63, 3.8) is 0 Å². The van der Waals surface area contributed by atoms with E-state index in [2.05, 4.69) is 52.7 Å². The van der Waals surface area contributed by atoms with Gasteiger partial charge in [-0.15, -0.1) is 24.8 Å². The number of aliphatic hydroxyl groups is 1. The molecule has 0 aliphatic carbocycles. The number of piperidine rings is 1. The highest BCUT2D eigenvalue weighted by atomic mass is 35.5. The summed E-state index contributed by atoms with van der Waals surface area (Å²) in [6, 6.07) is 20.8. The van der Waals surface area contributed by atoms with Crippen molar-refractivity contribution in [3.8, 4) is 0 Å². The Morgan fingerprint density at radius 3 is 1.96 bits per heavy atom. The van der Waals surface area contributed by atoms with Crippen LogP contribution in [0.5, 0.6) is 0 Å². The molecule has 1 heterocycles. The minimum atomic E-state index is -0.186. The number of hydrogen-bond donors (Lipinski definition) is 2. The number of anilines is 1. The van der Waals surface area contributed by atoms with Gasteiger partial charge in [-0.1, -0.05) is 48.5 Å². The van der Waals surface area contributed by atoms with Crippen LogP contribution in [0.15, 0.2) is 60.7 Å². The van der Waals surface area contributed by atoms with E-state index in [9.17, 15) is 5.11 Å². The Bertz CT molecular complexity index is 572. The molecular weight excluding hydrogens is 343 g/mol. The number of para-hydroxylation sites is 1. The Morgan fingerprint density at radius 1 is 0.875 bits per heavy atom. The summed E-state index contributed by atoms with van der Waals surface area (Å²) >= 11 is 0. The fraction of sp³-hybridized carbons (Fsp3) is 0.368. The number of likely N-dealkylation sites (tertiary alicyclic amines) is 1. The topological polar surface area (TPSA) is 35.5 Å². The third-order valence-corrected chi connectivity index (χ3v) is 4.55. The van der Waals surface area contributed by atoms with Gasteiger partial charge in [-0.05, 0) is 30.5 Å². The Labute approximate surface area is 156 Å². The fourth-order valence-corrected chi connectivity index (χ4v) is 3.13. The number of halogens is 2. The first-order chi connectivity index (χ1) is 10.8. The maximum Gasteiger partial charge on any atom is 0.0662 e. The number of nitrogens with one attached hydrogen (secondary N) is 1. The molecule has 0 amide bonds. The van der Waals surface area contributed by atoms with Crippen molar-refractivity contribution < 1.29 is 5.11 Å². The van der Waals surface area contributed by atoms with Crippen LogP contribution in [0.3, 0.4) is 0 Å². The second-order valence-corrected chi connectivity index (χ2v) is 6.19. The predicted molar refractivity (Wildman–Crippen MR) is 105 cm³/mol. The zero-order valence-corrected chi connectivity index (χ0v) is 15.4. The van der Waals surface area contributed by atoms with E-state index in [-0.39, 0.29) is 37.0 Å². The number of nitrogens with zero attached hydrogens (tertiary/aromatic N) is 1. The number of benzene rings is 2. The summed E-state index contributed by atoms with van der Waals surface area (Å²) in [6.45, 7) is 3.19. The lowest BCUT2D eigenvalue weighted by Gasteiger charge is -2.42. The van der Waals surface area contributed by atoms with Crippen molar-refractivity contribution in [2.45, 2.75) is 24.9 Å². The third kappa shape index (κ3) is 5.38. The molecule has 1 saturated heterocycles. The minimum absolute atomic E-state index is 0. The molecule has 0 spiro atoms. The van der Waals surface area contributed by atoms with Crippen LogP contribution in [0.25, 0.3) is 0 Å². The summed E-state index contributed by atoms with van der Waals surface area (Å²) in [5.74, 6) is 0. The molecule has 0 radical (unpaired) electrons. The van der Waals surface area contributed by atoms with E-state index >= 15 is 0 Å². The predicted octanol–water partition coefficient (Wildman–Crippen LogP) is 3.97. The zero-order chi connectivity index (χ0) is 15.3. The van der Waals surface area contributed by atoms with Crippen LogP contribution < -0.4 is 5.32 Å². The van der Waals surface area contributed by atoms with E-state index in [0.29, 0.717) is 0 Å². The van der Waals surface area contributed by atoms with Gasteiger partial charge in [0.05, 0.1) is 12.1 Å². The van der Waals surface area contributed by atoms with E-state index in [1.165, 1.54) is 5.56 Å². The second-order valence-electron chi connectivity index (χ2n) is 6.19. The molecule has 0 bridgehead atoms. The molecule has 132 valence electrons. The number of aliphatic hydroxyl groups excluding tert-OH is 1. The Morgan fingerprint density at radius 2 is 1.42 bits per heavy atom. The summed E-state index contributed by atoms with van der Waals surface area (Å²) in [5, 5.41) is 13.4. The van der Waals surface area contributed by atoms with Crippen molar-refractivity contribution in [2.24, 2.45) is 0 Å². The van der Waals surface area contributed by atoms with Gasteiger partial charge in [0.25, 0.3) is 0 Å². The lowest BCUT2D eigenvalue weighted by atomic mass is 9.87. The quantitative estimate of drug-likeness (QED) is 0.837.